The summed E-state index contributed by atoms with van der Waals surface area (Å²) in [7, 11) is 0. The summed E-state index contributed by atoms with van der Waals surface area (Å²) in [6, 6.07) is 12.8. The minimum atomic E-state index is -0.496. The first kappa shape index (κ1) is 15.4. The zero-order chi connectivity index (χ0) is 17.6. The summed E-state index contributed by atoms with van der Waals surface area (Å²) in [4.78, 5) is 34.4. The van der Waals surface area contributed by atoms with E-state index in [0.717, 1.165) is 17.1 Å². The van der Waals surface area contributed by atoms with Crippen LogP contribution in [0.4, 0.5) is 0 Å². The number of hydrogen-bond donors (Lipinski definition) is 0. The van der Waals surface area contributed by atoms with Crippen molar-refractivity contribution in [1.82, 2.24) is 14.5 Å². The molecule has 25 heavy (non-hydrogen) atoms. The van der Waals surface area contributed by atoms with Crippen molar-refractivity contribution in [3.8, 4) is 11.3 Å². The first-order valence-corrected chi connectivity index (χ1v) is 8.26. The average molecular weight is 331 g/mol. The smallest absolute Gasteiger partial charge is 0.252 e. The number of pyridine rings is 1. The minimum Gasteiger partial charge on any atom is -0.318 e. The fraction of sp³-hybridized carbons (Fsp3) is 0.200. The van der Waals surface area contributed by atoms with Crippen LogP contribution in [0.3, 0.4) is 0 Å². The zero-order valence-electron chi connectivity index (χ0n) is 14.1. The summed E-state index contributed by atoms with van der Waals surface area (Å²) in [5, 5.41) is 0. The van der Waals surface area contributed by atoms with Crippen LogP contribution in [0.5, 0.6) is 0 Å². The van der Waals surface area contributed by atoms with Gasteiger partial charge in [0.1, 0.15) is 17.2 Å². The average Bonchev–Trinajstić information content (AvgIpc) is 3.00. The standard InChI is InChI=1S/C20H17N3O2/c1-12(2)20-22-16-14-8-3-4-9-15(14)18(24)19(25)17(16)23(20)11-13-7-5-6-10-21-13/h3-10,12H,11H2,1-2H3. The molecule has 1 aliphatic rings. The molecule has 1 aromatic carbocycles. The SMILES string of the molecule is CC(C)c1nc2c(n1Cc1ccccn1)C(=O)C(=O)c1ccccc1-2. The van der Waals surface area contributed by atoms with Gasteiger partial charge in [-0.05, 0) is 12.1 Å². The lowest BCUT2D eigenvalue weighted by molar-refractivity contribution is 0.0809. The molecule has 0 amide bonds. The summed E-state index contributed by atoms with van der Waals surface area (Å²) < 4.78 is 1.85. The van der Waals surface area contributed by atoms with Crippen molar-refractivity contribution in [2.24, 2.45) is 0 Å². The number of rotatable bonds is 3. The van der Waals surface area contributed by atoms with Gasteiger partial charge in [-0.15, -0.1) is 0 Å². The summed E-state index contributed by atoms with van der Waals surface area (Å²) in [6.07, 6.45) is 1.72. The summed E-state index contributed by atoms with van der Waals surface area (Å²) in [5.74, 6) is -0.0671. The molecule has 3 aromatic rings. The van der Waals surface area contributed by atoms with Crippen molar-refractivity contribution < 1.29 is 9.59 Å². The lowest BCUT2D eigenvalue weighted by atomic mass is 9.90. The van der Waals surface area contributed by atoms with Crippen LogP contribution in [0.2, 0.25) is 0 Å². The first-order chi connectivity index (χ1) is 12.1. The van der Waals surface area contributed by atoms with Crippen LogP contribution < -0.4 is 0 Å². The maximum atomic E-state index is 12.8. The lowest BCUT2D eigenvalue weighted by Gasteiger charge is -2.16. The van der Waals surface area contributed by atoms with Crippen LogP contribution in [0.1, 0.15) is 52.1 Å². The van der Waals surface area contributed by atoms with E-state index in [1.165, 1.54) is 0 Å². The monoisotopic (exact) mass is 331 g/mol. The Labute approximate surface area is 145 Å². The Morgan fingerprint density at radius 1 is 0.960 bits per heavy atom. The van der Waals surface area contributed by atoms with Crippen LogP contribution in [0, 0.1) is 0 Å². The van der Waals surface area contributed by atoms with Crippen molar-refractivity contribution in [3.63, 3.8) is 0 Å². The van der Waals surface area contributed by atoms with Crippen molar-refractivity contribution >= 4 is 11.6 Å². The molecule has 5 heteroatoms. The van der Waals surface area contributed by atoms with E-state index >= 15 is 0 Å². The molecule has 124 valence electrons. The molecule has 0 radical (unpaired) electrons. The molecule has 2 aromatic heterocycles. The van der Waals surface area contributed by atoms with Crippen LogP contribution >= 0.6 is 0 Å². The quantitative estimate of drug-likeness (QED) is 0.689. The Morgan fingerprint density at radius 2 is 1.68 bits per heavy atom. The number of carbonyl (C=O) groups excluding carboxylic acids is 2. The highest BCUT2D eigenvalue weighted by molar-refractivity contribution is 6.52. The Morgan fingerprint density at radius 3 is 2.36 bits per heavy atom. The second-order valence-electron chi connectivity index (χ2n) is 6.43. The largest absolute Gasteiger partial charge is 0.318 e. The number of imidazole rings is 1. The third-order valence-electron chi connectivity index (χ3n) is 4.41. The fourth-order valence-electron chi connectivity index (χ4n) is 3.26. The van der Waals surface area contributed by atoms with Crippen LogP contribution in [-0.2, 0) is 6.54 Å². The molecule has 5 nitrogen and oxygen atoms in total. The second-order valence-corrected chi connectivity index (χ2v) is 6.43. The van der Waals surface area contributed by atoms with Crippen LogP contribution in [-0.4, -0.2) is 26.1 Å². The number of ketones is 2. The molecule has 0 atom stereocenters. The van der Waals surface area contributed by atoms with Gasteiger partial charge in [0.25, 0.3) is 5.78 Å². The Hall–Kier alpha value is -3.08. The molecule has 2 heterocycles. The van der Waals surface area contributed by atoms with Gasteiger partial charge >= 0.3 is 0 Å². The number of benzene rings is 1. The third-order valence-corrected chi connectivity index (χ3v) is 4.41. The van der Waals surface area contributed by atoms with E-state index in [9.17, 15) is 9.59 Å². The molecule has 0 saturated carbocycles. The Kier molecular flexibility index (Phi) is 3.57. The highest BCUT2D eigenvalue weighted by Crippen LogP contribution is 2.35. The van der Waals surface area contributed by atoms with Gasteiger partial charge in [-0.25, -0.2) is 4.98 Å². The second kappa shape index (κ2) is 5.77. The van der Waals surface area contributed by atoms with Gasteiger partial charge in [-0.2, -0.15) is 0 Å². The third kappa shape index (κ3) is 2.39. The highest BCUT2D eigenvalue weighted by atomic mass is 16.2. The molecule has 0 aliphatic heterocycles. The molecule has 0 spiro atoms. The molecule has 0 N–H and O–H groups in total. The van der Waals surface area contributed by atoms with Gasteiger partial charge in [0.05, 0.1) is 12.2 Å². The molecular formula is C20H17N3O2. The zero-order valence-corrected chi connectivity index (χ0v) is 14.1. The van der Waals surface area contributed by atoms with Gasteiger partial charge in [0.2, 0.25) is 5.78 Å². The number of hydrogen-bond acceptors (Lipinski definition) is 4. The van der Waals surface area contributed by atoms with Crippen LogP contribution in [0.15, 0.2) is 48.7 Å². The van der Waals surface area contributed by atoms with Crippen molar-refractivity contribution in [1.29, 1.82) is 0 Å². The summed E-state index contributed by atoms with van der Waals surface area (Å²) in [6.45, 7) is 4.47. The van der Waals surface area contributed by atoms with Crippen molar-refractivity contribution in [2.75, 3.05) is 0 Å². The Bertz CT molecular complexity index is 987. The van der Waals surface area contributed by atoms with Crippen LogP contribution in [0.25, 0.3) is 11.3 Å². The predicted octanol–water partition coefficient (Wildman–Crippen LogP) is 3.50. The Balaban J connectivity index is 1.96. The number of nitrogens with zero attached hydrogens (tertiary/aromatic N) is 3. The molecule has 0 unspecified atom stereocenters. The van der Waals surface area contributed by atoms with Gasteiger partial charge in [0, 0.05) is 23.2 Å². The van der Waals surface area contributed by atoms with Gasteiger partial charge in [-0.3, -0.25) is 14.6 Å². The summed E-state index contributed by atoms with van der Waals surface area (Å²) in [5.41, 5.74) is 2.95. The van der Waals surface area contributed by atoms with Gasteiger partial charge in [-0.1, -0.05) is 44.2 Å². The van der Waals surface area contributed by atoms with E-state index in [2.05, 4.69) is 4.98 Å². The van der Waals surface area contributed by atoms with E-state index in [4.69, 9.17) is 4.98 Å². The molecule has 0 saturated heterocycles. The predicted molar refractivity (Wildman–Crippen MR) is 93.8 cm³/mol. The van der Waals surface area contributed by atoms with E-state index < -0.39 is 11.6 Å². The minimum absolute atomic E-state index is 0.115. The molecular weight excluding hydrogens is 314 g/mol. The highest BCUT2D eigenvalue weighted by Gasteiger charge is 2.36. The van der Waals surface area contributed by atoms with Crippen molar-refractivity contribution in [2.45, 2.75) is 26.3 Å². The maximum Gasteiger partial charge on any atom is 0.252 e. The molecule has 0 fully saturated rings. The fourth-order valence-corrected chi connectivity index (χ4v) is 3.26. The van der Waals surface area contributed by atoms with Gasteiger partial charge in [0.15, 0.2) is 0 Å². The summed E-state index contributed by atoms with van der Waals surface area (Å²) >= 11 is 0. The number of aromatic nitrogens is 3. The number of fused-ring (bicyclic) bond motifs is 3. The van der Waals surface area contributed by atoms with Gasteiger partial charge < -0.3 is 4.57 Å². The maximum absolute atomic E-state index is 12.8. The number of Topliss-reactive ketones (excluding diaryl/α,β-unsaturated/α-hetero) is 2. The number of carbonyl (C=O) groups is 2. The van der Waals surface area contributed by atoms with E-state index in [1.54, 1.807) is 18.3 Å². The molecule has 4 rings (SSSR count). The van der Waals surface area contributed by atoms with E-state index in [-0.39, 0.29) is 5.92 Å². The van der Waals surface area contributed by atoms with E-state index in [1.807, 2.05) is 48.7 Å². The first-order valence-electron chi connectivity index (χ1n) is 8.26. The normalized spacial score (nSPS) is 13.1. The molecule has 1 aliphatic carbocycles. The topological polar surface area (TPSA) is 64.8 Å². The van der Waals surface area contributed by atoms with E-state index in [0.29, 0.717) is 23.5 Å². The lowest BCUT2D eigenvalue weighted by Crippen LogP contribution is -2.25. The van der Waals surface area contributed by atoms with Crippen molar-refractivity contribution in [3.05, 3.63) is 71.4 Å². The molecule has 0 bridgehead atoms.